The van der Waals surface area contributed by atoms with Crippen molar-refractivity contribution in [2.24, 2.45) is 0 Å². The highest BCUT2D eigenvalue weighted by atomic mass is 32.1. The average molecular weight is 323 g/mol. The van der Waals surface area contributed by atoms with Crippen molar-refractivity contribution in [2.75, 3.05) is 13.1 Å². The highest BCUT2D eigenvalue weighted by molar-refractivity contribution is 7.13. The minimum absolute atomic E-state index is 0.635. The van der Waals surface area contributed by atoms with E-state index in [-0.39, 0.29) is 0 Å². The molecular weight excluding hydrogens is 310 g/mol. The number of aliphatic carboxylic acids is 2. The Bertz CT molecular complexity index is 666. The second-order valence-corrected chi connectivity index (χ2v) is 5.15. The third-order valence-electron chi connectivity index (χ3n) is 2.65. The molecule has 0 spiro atoms. The van der Waals surface area contributed by atoms with E-state index in [2.05, 4.69) is 21.5 Å². The zero-order chi connectivity index (χ0) is 15.9. The van der Waals surface area contributed by atoms with Crippen LogP contribution in [0.3, 0.4) is 0 Å². The zero-order valence-electron chi connectivity index (χ0n) is 11.4. The molecule has 0 bridgehead atoms. The Morgan fingerprint density at radius 2 is 2.09 bits per heavy atom. The van der Waals surface area contributed by atoms with Crippen LogP contribution in [0, 0.1) is 0 Å². The average Bonchev–Trinajstić information content (AvgIpc) is 3.20. The number of nitrogens with one attached hydrogen (secondary N) is 1. The van der Waals surface area contributed by atoms with Crippen molar-refractivity contribution in [1.29, 1.82) is 0 Å². The summed E-state index contributed by atoms with van der Waals surface area (Å²) in [4.78, 5) is 23.6. The van der Waals surface area contributed by atoms with E-state index in [0.29, 0.717) is 11.7 Å². The minimum atomic E-state index is -1.82. The van der Waals surface area contributed by atoms with E-state index >= 15 is 0 Å². The second kappa shape index (κ2) is 7.48. The maximum Gasteiger partial charge on any atom is 0.414 e. The molecule has 0 saturated heterocycles. The molecule has 22 heavy (non-hydrogen) atoms. The van der Waals surface area contributed by atoms with Crippen LogP contribution in [0.5, 0.6) is 0 Å². The predicted molar refractivity (Wildman–Crippen MR) is 78.3 cm³/mol. The first-order chi connectivity index (χ1) is 10.6. The molecule has 3 heterocycles. The lowest BCUT2D eigenvalue weighted by Gasteiger charge is -2.09. The number of hydrogen-bond acceptors (Lipinski definition) is 7. The van der Waals surface area contributed by atoms with Gasteiger partial charge in [0.2, 0.25) is 5.82 Å². The van der Waals surface area contributed by atoms with E-state index in [9.17, 15) is 0 Å². The Morgan fingerprint density at radius 3 is 2.64 bits per heavy atom. The van der Waals surface area contributed by atoms with Gasteiger partial charge < -0.3 is 20.1 Å². The molecule has 0 radical (unpaired) electrons. The van der Waals surface area contributed by atoms with Gasteiger partial charge in [0.25, 0.3) is 5.89 Å². The third kappa shape index (κ3) is 4.24. The van der Waals surface area contributed by atoms with Crippen LogP contribution in [0.15, 0.2) is 28.1 Å². The van der Waals surface area contributed by atoms with E-state index in [1.807, 2.05) is 17.5 Å². The van der Waals surface area contributed by atoms with Crippen molar-refractivity contribution in [3.63, 3.8) is 0 Å². The molecule has 116 valence electrons. The number of carboxylic acid groups (broad SMARTS) is 2. The molecule has 0 aromatic carbocycles. The maximum absolute atomic E-state index is 9.10. The van der Waals surface area contributed by atoms with Gasteiger partial charge in [0.05, 0.1) is 4.88 Å². The molecule has 8 nitrogen and oxygen atoms in total. The van der Waals surface area contributed by atoms with Crippen molar-refractivity contribution in [2.45, 2.75) is 6.42 Å². The Kier molecular flexibility index (Phi) is 5.39. The smallest absolute Gasteiger partial charge is 0.414 e. The summed E-state index contributed by atoms with van der Waals surface area (Å²) >= 11 is 1.62. The molecule has 0 aliphatic carbocycles. The van der Waals surface area contributed by atoms with E-state index < -0.39 is 11.9 Å². The van der Waals surface area contributed by atoms with E-state index in [1.54, 1.807) is 11.3 Å². The lowest BCUT2D eigenvalue weighted by molar-refractivity contribution is -0.159. The third-order valence-corrected chi connectivity index (χ3v) is 3.52. The summed E-state index contributed by atoms with van der Waals surface area (Å²) in [5, 5.41) is 24.1. The fourth-order valence-electron chi connectivity index (χ4n) is 1.67. The van der Waals surface area contributed by atoms with Crippen LogP contribution in [0.1, 0.15) is 12.3 Å². The highest BCUT2D eigenvalue weighted by Crippen LogP contribution is 2.23. The largest absolute Gasteiger partial charge is 0.473 e. The van der Waals surface area contributed by atoms with Gasteiger partial charge in [-0.3, -0.25) is 0 Å². The summed E-state index contributed by atoms with van der Waals surface area (Å²) in [7, 11) is 0. The topological polar surface area (TPSA) is 126 Å². The van der Waals surface area contributed by atoms with Crippen molar-refractivity contribution in [1.82, 2.24) is 15.5 Å². The van der Waals surface area contributed by atoms with Crippen LogP contribution in [0.2, 0.25) is 0 Å². The van der Waals surface area contributed by atoms with Crippen LogP contribution >= 0.6 is 11.3 Å². The first-order valence-corrected chi connectivity index (χ1v) is 7.20. The molecule has 3 N–H and O–H groups in total. The lowest BCUT2D eigenvalue weighted by atomic mass is 10.1. The zero-order valence-corrected chi connectivity index (χ0v) is 12.2. The fourth-order valence-corrected chi connectivity index (χ4v) is 2.32. The second-order valence-electron chi connectivity index (χ2n) is 4.21. The van der Waals surface area contributed by atoms with E-state index in [4.69, 9.17) is 24.3 Å². The molecule has 0 fully saturated rings. The summed E-state index contributed by atoms with van der Waals surface area (Å²) in [5.74, 6) is -2.34. The Balaban J connectivity index is 0.000000254. The molecule has 1 aliphatic rings. The lowest BCUT2D eigenvalue weighted by Crippen LogP contribution is -2.21. The van der Waals surface area contributed by atoms with Crippen molar-refractivity contribution in [3.8, 4) is 10.7 Å². The van der Waals surface area contributed by atoms with E-state index in [1.165, 1.54) is 0 Å². The summed E-state index contributed by atoms with van der Waals surface area (Å²) in [5.41, 5.74) is 1.10. The molecule has 3 rings (SSSR count). The monoisotopic (exact) mass is 323 g/mol. The fraction of sp³-hybridized carbons (Fsp3) is 0.231. The maximum atomic E-state index is 9.10. The van der Waals surface area contributed by atoms with Gasteiger partial charge in [0.15, 0.2) is 0 Å². The number of carboxylic acids is 2. The first-order valence-electron chi connectivity index (χ1n) is 6.32. The van der Waals surface area contributed by atoms with Gasteiger partial charge in [-0.15, -0.1) is 11.3 Å². The SMILES string of the molecule is C1=C(c2nc(-c3cccs3)no2)CNCC1.O=C(O)C(=O)O. The molecule has 9 heteroatoms. The van der Waals surface area contributed by atoms with Crippen LogP contribution in [0.25, 0.3) is 16.3 Å². The highest BCUT2D eigenvalue weighted by Gasteiger charge is 2.14. The molecule has 0 amide bonds. The number of rotatable bonds is 2. The van der Waals surface area contributed by atoms with Crippen molar-refractivity contribution in [3.05, 3.63) is 29.5 Å². The Labute approximate surface area is 129 Å². The number of thiophene rings is 1. The van der Waals surface area contributed by atoms with Crippen LogP contribution < -0.4 is 5.32 Å². The number of carbonyl (C=O) groups is 2. The molecule has 2 aromatic rings. The van der Waals surface area contributed by atoms with Gasteiger partial charge >= 0.3 is 11.9 Å². The quantitative estimate of drug-likeness (QED) is 0.707. The molecule has 0 saturated carbocycles. The summed E-state index contributed by atoms with van der Waals surface area (Å²) in [6.45, 7) is 1.83. The summed E-state index contributed by atoms with van der Waals surface area (Å²) in [6, 6.07) is 3.98. The number of hydrogen-bond donors (Lipinski definition) is 3. The first kappa shape index (κ1) is 15.9. The van der Waals surface area contributed by atoms with Gasteiger partial charge in [0.1, 0.15) is 0 Å². The standard InChI is InChI=1S/C11H11N3OS.C2H2O4/c1-3-8(7-12-5-1)11-13-10(14-15-11)9-4-2-6-16-9;3-1(4)2(5)6/h2-4,6,12H,1,5,7H2;(H,3,4)(H,5,6). The number of nitrogens with zero attached hydrogens (tertiary/aromatic N) is 2. The summed E-state index contributed by atoms with van der Waals surface area (Å²) < 4.78 is 5.27. The molecule has 1 aliphatic heterocycles. The van der Waals surface area contributed by atoms with Crippen LogP contribution in [-0.4, -0.2) is 45.4 Å². The molecule has 2 aromatic heterocycles. The van der Waals surface area contributed by atoms with Crippen LogP contribution in [-0.2, 0) is 9.59 Å². The molecule has 0 atom stereocenters. The number of aromatic nitrogens is 2. The molecular formula is C13H13N3O5S. The van der Waals surface area contributed by atoms with Crippen molar-refractivity contribution < 1.29 is 24.3 Å². The molecule has 0 unspecified atom stereocenters. The van der Waals surface area contributed by atoms with E-state index in [0.717, 1.165) is 30.0 Å². The normalized spacial score (nSPS) is 13.7. The van der Waals surface area contributed by atoms with Gasteiger partial charge in [-0.25, -0.2) is 9.59 Å². The van der Waals surface area contributed by atoms with Crippen LogP contribution in [0.4, 0.5) is 0 Å². The van der Waals surface area contributed by atoms with Crippen molar-refractivity contribution >= 4 is 28.8 Å². The Hall–Kier alpha value is -2.52. The Morgan fingerprint density at radius 1 is 1.32 bits per heavy atom. The minimum Gasteiger partial charge on any atom is -0.473 e. The van der Waals surface area contributed by atoms with Gasteiger partial charge in [-0.05, 0) is 24.4 Å². The predicted octanol–water partition coefficient (Wildman–Crippen LogP) is 1.33. The van der Waals surface area contributed by atoms with Gasteiger partial charge in [-0.1, -0.05) is 17.3 Å². The van der Waals surface area contributed by atoms with Gasteiger partial charge in [-0.2, -0.15) is 4.98 Å². The van der Waals surface area contributed by atoms with Gasteiger partial charge in [0, 0.05) is 12.1 Å². The summed E-state index contributed by atoms with van der Waals surface area (Å²) in [6.07, 6.45) is 3.17.